The molecule has 1 atom stereocenters. The molecule has 0 unspecified atom stereocenters. The molecule has 1 N–H and O–H groups in total. The van der Waals surface area contributed by atoms with Gasteiger partial charge >= 0.3 is 6.18 Å². The third kappa shape index (κ3) is 4.29. The van der Waals surface area contributed by atoms with E-state index in [1.54, 1.807) is 10.7 Å². The third-order valence-electron chi connectivity index (χ3n) is 5.28. The lowest BCUT2D eigenvalue weighted by Gasteiger charge is -2.33. The van der Waals surface area contributed by atoms with E-state index in [2.05, 4.69) is 22.4 Å². The summed E-state index contributed by atoms with van der Waals surface area (Å²) in [6, 6.07) is 5.27. The van der Waals surface area contributed by atoms with Crippen LogP contribution >= 0.6 is 11.8 Å². The van der Waals surface area contributed by atoms with Crippen molar-refractivity contribution in [3.63, 3.8) is 0 Å². The number of halogens is 3. The number of hydrogen-bond donors (Lipinski definition) is 1. The zero-order valence-electron chi connectivity index (χ0n) is 15.8. The minimum atomic E-state index is -4.37. The molecular weight excluding hydrogens is 375 g/mol. The molecule has 0 bridgehead atoms. The van der Waals surface area contributed by atoms with Gasteiger partial charge in [-0.1, -0.05) is 19.1 Å². The number of nitrogens with zero attached hydrogens (tertiary/aromatic N) is 4. The number of aromatic nitrogens is 4. The smallest absolute Gasteiger partial charge is 0.321 e. The first-order valence-electron chi connectivity index (χ1n) is 9.12. The van der Waals surface area contributed by atoms with E-state index in [-0.39, 0.29) is 11.6 Å². The summed E-state index contributed by atoms with van der Waals surface area (Å²) in [4.78, 5) is 1.20. The van der Waals surface area contributed by atoms with Crippen LogP contribution in [0.4, 0.5) is 13.2 Å². The van der Waals surface area contributed by atoms with Crippen LogP contribution in [0.5, 0.6) is 0 Å². The molecule has 27 heavy (non-hydrogen) atoms. The molecule has 2 aromatic rings. The van der Waals surface area contributed by atoms with Crippen molar-refractivity contribution >= 4 is 11.8 Å². The van der Waals surface area contributed by atoms with Crippen molar-refractivity contribution in [3.05, 3.63) is 41.2 Å². The lowest BCUT2D eigenvalue weighted by Crippen LogP contribution is -3.14. The van der Waals surface area contributed by atoms with Crippen molar-refractivity contribution in [1.82, 2.24) is 20.2 Å². The Morgan fingerprint density at radius 2 is 1.93 bits per heavy atom. The number of hydrogen-bond acceptors (Lipinski definition) is 4. The van der Waals surface area contributed by atoms with E-state index < -0.39 is 11.7 Å². The second-order valence-corrected chi connectivity index (χ2v) is 8.67. The molecule has 3 rings (SSSR count). The maximum Gasteiger partial charge on any atom is 0.416 e. The first-order chi connectivity index (χ1) is 12.7. The number of quaternary nitrogens is 1. The predicted octanol–water partition coefficient (Wildman–Crippen LogP) is 2.56. The molecule has 0 aliphatic carbocycles. The zero-order chi connectivity index (χ0) is 19.7. The van der Waals surface area contributed by atoms with E-state index in [4.69, 9.17) is 0 Å². The summed E-state index contributed by atoms with van der Waals surface area (Å²) in [5, 5.41) is 12.3. The normalized spacial score (nSPS) is 17.9. The van der Waals surface area contributed by atoms with Crippen LogP contribution < -0.4 is 4.90 Å². The van der Waals surface area contributed by atoms with Crippen LogP contribution in [0.2, 0.25) is 0 Å². The highest BCUT2D eigenvalue weighted by atomic mass is 32.2. The van der Waals surface area contributed by atoms with Gasteiger partial charge in [0.1, 0.15) is 0 Å². The summed E-state index contributed by atoms with van der Waals surface area (Å²) < 4.78 is 41.6. The average molecular weight is 400 g/mol. The fourth-order valence-electron chi connectivity index (χ4n) is 3.34. The second kappa shape index (κ2) is 7.79. The lowest BCUT2D eigenvalue weighted by atomic mass is 9.98. The molecular formula is C18H25F3N5S+. The van der Waals surface area contributed by atoms with Crippen LogP contribution in [-0.2, 0) is 11.7 Å². The lowest BCUT2D eigenvalue weighted by molar-refractivity contribution is -0.922. The van der Waals surface area contributed by atoms with Crippen molar-refractivity contribution in [2.45, 2.75) is 44.9 Å². The first-order valence-corrected chi connectivity index (χ1v) is 10.3. The van der Waals surface area contributed by atoms with Gasteiger partial charge in [-0.05, 0) is 42.8 Å². The number of alkyl halides is 3. The van der Waals surface area contributed by atoms with Crippen LogP contribution in [0.1, 0.15) is 50.2 Å². The van der Waals surface area contributed by atoms with Gasteiger partial charge in [-0.15, -0.1) is 5.10 Å². The maximum atomic E-state index is 13.3. The van der Waals surface area contributed by atoms with Crippen LogP contribution in [0, 0.1) is 0 Å². The van der Waals surface area contributed by atoms with Gasteiger partial charge in [-0.3, -0.25) is 0 Å². The van der Waals surface area contributed by atoms with E-state index in [1.807, 2.05) is 25.6 Å². The molecule has 9 heteroatoms. The van der Waals surface area contributed by atoms with Crippen molar-refractivity contribution in [2.75, 3.05) is 24.6 Å². The van der Waals surface area contributed by atoms with Gasteiger partial charge < -0.3 is 4.90 Å². The Hall–Kier alpha value is -1.61. The molecule has 1 aromatic carbocycles. The molecule has 0 amide bonds. The summed E-state index contributed by atoms with van der Waals surface area (Å²) in [6.07, 6.45) is -3.56. The van der Waals surface area contributed by atoms with Gasteiger partial charge in [0.25, 0.3) is 0 Å². The van der Waals surface area contributed by atoms with Crippen LogP contribution in [-0.4, -0.2) is 44.8 Å². The maximum absolute atomic E-state index is 13.3. The van der Waals surface area contributed by atoms with E-state index in [9.17, 15) is 13.2 Å². The van der Waals surface area contributed by atoms with E-state index >= 15 is 0 Å². The standard InChI is InChI=1S/C18H24F3N5S/c1-4-17(2,3)26-16(22-23-24-26)15(25-8-10-27-11-9-25)13-6-5-7-14(12-13)18(19,20)21/h5-7,12,15H,4,8-11H2,1-3H3/p+1/t15-/m0/s1. The van der Waals surface area contributed by atoms with E-state index in [0.29, 0.717) is 11.4 Å². The zero-order valence-corrected chi connectivity index (χ0v) is 16.6. The number of tetrazole rings is 1. The average Bonchev–Trinajstić information content (AvgIpc) is 3.13. The Morgan fingerprint density at radius 3 is 2.56 bits per heavy atom. The number of benzene rings is 1. The summed E-state index contributed by atoms with van der Waals surface area (Å²) in [5.74, 6) is 2.58. The third-order valence-corrected chi connectivity index (χ3v) is 6.27. The molecule has 148 valence electrons. The highest BCUT2D eigenvalue weighted by Crippen LogP contribution is 2.32. The van der Waals surface area contributed by atoms with Gasteiger partial charge in [0, 0.05) is 17.1 Å². The fourth-order valence-corrected chi connectivity index (χ4v) is 4.36. The minimum absolute atomic E-state index is 0.317. The summed E-state index contributed by atoms with van der Waals surface area (Å²) in [6.45, 7) is 7.86. The van der Waals surface area contributed by atoms with Gasteiger partial charge in [0.05, 0.1) is 24.2 Å². The molecule has 5 nitrogen and oxygen atoms in total. The van der Waals surface area contributed by atoms with Crippen molar-refractivity contribution in [1.29, 1.82) is 0 Å². The fraction of sp³-hybridized carbons (Fsp3) is 0.611. The molecule has 1 aliphatic heterocycles. The molecule has 0 spiro atoms. The van der Waals surface area contributed by atoms with Crippen molar-refractivity contribution in [3.8, 4) is 0 Å². The van der Waals surface area contributed by atoms with Crippen LogP contribution in [0.15, 0.2) is 24.3 Å². The van der Waals surface area contributed by atoms with Crippen LogP contribution in [0.3, 0.4) is 0 Å². The van der Waals surface area contributed by atoms with E-state index in [1.165, 1.54) is 17.0 Å². The van der Waals surface area contributed by atoms with Gasteiger partial charge in [0.2, 0.25) is 5.82 Å². The topological polar surface area (TPSA) is 48.0 Å². The van der Waals surface area contributed by atoms with Gasteiger partial charge in [0.15, 0.2) is 6.04 Å². The highest BCUT2D eigenvalue weighted by Gasteiger charge is 2.38. The summed E-state index contributed by atoms with van der Waals surface area (Å²) >= 11 is 1.87. The number of nitrogens with one attached hydrogen (secondary N) is 1. The molecule has 0 radical (unpaired) electrons. The molecule has 0 saturated carbocycles. The SMILES string of the molecule is CCC(C)(C)n1nnnc1[C@H](c1cccc(C(F)(F)F)c1)[NH+]1CCSCC1. The Bertz CT molecular complexity index is 768. The minimum Gasteiger partial charge on any atom is -0.321 e. The summed E-state index contributed by atoms with van der Waals surface area (Å²) in [7, 11) is 0. The highest BCUT2D eigenvalue weighted by molar-refractivity contribution is 7.99. The van der Waals surface area contributed by atoms with Crippen molar-refractivity contribution in [2.24, 2.45) is 0 Å². The largest absolute Gasteiger partial charge is 0.416 e. The van der Waals surface area contributed by atoms with E-state index in [0.717, 1.165) is 37.1 Å². The first kappa shape index (κ1) is 20.1. The van der Waals surface area contributed by atoms with Crippen LogP contribution in [0.25, 0.3) is 0 Å². The molecule has 2 heterocycles. The number of thioether (sulfide) groups is 1. The monoisotopic (exact) mass is 400 g/mol. The van der Waals surface area contributed by atoms with Crippen molar-refractivity contribution < 1.29 is 18.1 Å². The Labute approximate surface area is 161 Å². The molecule has 1 fully saturated rings. The molecule has 1 aliphatic rings. The number of rotatable bonds is 5. The molecule has 1 saturated heterocycles. The Balaban J connectivity index is 2.10. The Kier molecular flexibility index (Phi) is 5.81. The summed E-state index contributed by atoms with van der Waals surface area (Å²) in [5.41, 5.74) is -0.345. The second-order valence-electron chi connectivity index (χ2n) is 7.44. The Morgan fingerprint density at radius 1 is 1.22 bits per heavy atom. The quantitative estimate of drug-likeness (QED) is 0.838. The van der Waals surface area contributed by atoms with Gasteiger partial charge in [-0.2, -0.15) is 24.9 Å². The predicted molar refractivity (Wildman–Crippen MR) is 98.7 cm³/mol. The van der Waals surface area contributed by atoms with Gasteiger partial charge in [-0.25, -0.2) is 4.68 Å². The molecule has 1 aromatic heterocycles.